The summed E-state index contributed by atoms with van der Waals surface area (Å²) >= 11 is 0. The number of ether oxygens (including phenoxy) is 2. The molecule has 1 amide bonds. The summed E-state index contributed by atoms with van der Waals surface area (Å²) in [5.41, 5.74) is 2.30. The normalized spacial score (nSPS) is 19.1. The maximum atomic E-state index is 12.3. The zero-order chi connectivity index (χ0) is 14.5. The summed E-state index contributed by atoms with van der Waals surface area (Å²) in [7, 11) is 3.13. The van der Waals surface area contributed by atoms with Gasteiger partial charge in [-0.1, -0.05) is 18.2 Å². The van der Waals surface area contributed by atoms with Crippen molar-refractivity contribution in [2.45, 2.75) is 25.7 Å². The number of hydrogen-bond acceptors (Lipinski definition) is 4. The highest BCUT2D eigenvalue weighted by Gasteiger charge is 2.27. The van der Waals surface area contributed by atoms with Gasteiger partial charge in [0.1, 0.15) is 0 Å². The molecule has 0 radical (unpaired) electrons. The molecule has 2 rings (SSSR count). The van der Waals surface area contributed by atoms with E-state index in [2.05, 4.69) is 16.7 Å². The van der Waals surface area contributed by atoms with Gasteiger partial charge in [0, 0.05) is 26.5 Å². The van der Waals surface area contributed by atoms with E-state index in [0.29, 0.717) is 6.54 Å². The van der Waals surface area contributed by atoms with Crippen LogP contribution in [0.4, 0.5) is 5.69 Å². The summed E-state index contributed by atoms with van der Waals surface area (Å²) in [4.78, 5) is 12.3. The molecule has 1 heterocycles. The number of benzene rings is 1. The first-order valence-corrected chi connectivity index (χ1v) is 6.83. The Balaban J connectivity index is 1.95. The van der Waals surface area contributed by atoms with Crippen LogP contribution >= 0.6 is 0 Å². The lowest BCUT2D eigenvalue weighted by Crippen LogP contribution is -2.47. The quantitative estimate of drug-likeness (QED) is 0.799. The Morgan fingerprint density at radius 2 is 2.05 bits per heavy atom. The standard InChI is InChI=1S/C15H22N2O3/c1-10(15(19-2)20-3)17-14(18)12-8-11-6-4-5-7-13(11)16-9-12/h4-7,10,12,15-16H,8-9H2,1-3H3,(H,17,18). The average molecular weight is 278 g/mol. The minimum absolute atomic E-state index is 0.0265. The number of fused-ring (bicyclic) bond motifs is 1. The van der Waals surface area contributed by atoms with Crippen LogP contribution < -0.4 is 10.6 Å². The van der Waals surface area contributed by atoms with Crippen molar-refractivity contribution >= 4 is 11.6 Å². The molecule has 1 aliphatic heterocycles. The van der Waals surface area contributed by atoms with Crippen molar-refractivity contribution in [2.75, 3.05) is 26.1 Å². The number of para-hydroxylation sites is 1. The van der Waals surface area contributed by atoms with Gasteiger partial charge in [-0.15, -0.1) is 0 Å². The van der Waals surface area contributed by atoms with Crippen LogP contribution in [-0.2, 0) is 20.7 Å². The molecule has 110 valence electrons. The van der Waals surface area contributed by atoms with Crippen molar-refractivity contribution in [1.82, 2.24) is 5.32 Å². The van der Waals surface area contributed by atoms with Crippen LogP contribution in [0.25, 0.3) is 0 Å². The van der Waals surface area contributed by atoms with E-state index in [1.54, 1.807) is 14.2 Å². The third-order valence-electron chi connectivity index (χ3n) is 3.64. The van der Waals surface area contributed by atoms with Crippen LogP contribution in [0.2, 0.25) is 0 Å². The van der Waals surface area contributed by atoms with Crippen molar-refractivity contribution in [3.8, 4) is 0 Å². The van der Waals surface area contributed by atoms with Gasteiger partial charge in [-0.25, -0.2) is 0 Å². The van der Waals surface area contributed by atoms with Crippen LogP contribution in [0.5, 0.6) is 0 Å². The Labute approximate surface area is 119 Å². The van der Waals surface area contributed by atoms with Crippen molar-refractivity contribution in [3.63, 3.8) is 0 Å². The van der Waals surface area contributed by atoms with Crippen LogP contribution in [-0.4, -0.2) is 39.0 Å². The highest BCUT2D eigenvalue weighted by molar-refractivity contribution is 5.81. The van der Waals surface area contributed by atoms with Crippen molar-refractivity contribution in [2.24, 2.45) is 5.92 Å². The first-order valence-electron chi connectivity index (χ1n) is 6.83. The number of anilines is 1. The Bertz CT molecular complexity index is 460. The minimum Gasteiger partial charge on any atom is -0.384 e. The molecule has 1 aliphatic rings. The fourth-order valence-corrected chi connectivity index (χ4v) is 2.54. The molecule has 0 spiro atoms. The van der Waals surface area contributed by atoms with Gasteiger partial charge in [-0.05, 0) is 25.0 Å². The molecule has 2 atom stereocenters. The molecule has 2 unspecified atom stereocenters. The number of nitrogens with one attached hydrogen (secondary N) is 2. The van der Waals surface area contributed by atoms with E-state index in [-0.39, 0.29) is 17.9 Å². The molecule has 0 aliphatic carbocycles. The highest BCUT2D eigenvalue weighted by Crippen LogP contribution is 2.24. The van der Waals surface area contributed by atoms with Crippen LogP contribution in [0.3, 0.4) is 0 Å². The molecule has 5 heteroatoms. The van der Waals surface area contributed by atoms with Gasteiger partial charge < -0.3 is 20.1 Å². The molecule has 0 saturated carbocycles. The lowest BCUT2D eigenvalue weighted by Gasteiger charge is -2.28. The smallest absolute Gasteiger partial charge is 0.225 e. The van der Waals surface area contributed by atoms with Crippen LogP contribution in [0.15, 0.2) is 24.3 Å². The van der Waals surface area contributed by atoms with Crippen LogP contribution in [0.1, 0.15) is 12.5 Å². The summed E-state index contributed by atoms with van der Waals surface area (Å²) in [6.45, 7) is 2.53. The zero-order valence-corrected chi connectivity index (χ0v) is 12.2. The van der Waals surface area contributed by atoms with E-state index >= 15 is 0 Å². The summed E-state index contributed by atoms with van der Waals surface area (Å²) in [5.74, 6) is -0.0414. The number of amides is 1. The second-order valence-electron chi connectivity index (χ2n) is 5.08. The minimum atomic E-state index is -0.428. The van der Waals surface area contributed by atoms with Crippen molar-refractivity contribution in [3.05, 3.63) is 29.8 Å². The molecular weight excluding hydrogens is 256 g/mol. The Kier molecular flexibility index (Phi) is 4.98. The average Bonchev–Trinajstić information content (AvgIpc) is 2.48. The van der Waals surface area contributed by atoms with Gasteiger partial charge >= 0.3 is 0 Å². The van der Waals surface area contributed by atoms with E-state index in [9.17, 15) is 4.79 Å². The number of carbonyl (C=O) groups excluding carboxylic acids is 1. The summed E-state index contributed by atoms with van der Waals surface area (Å²) in [6.07, 6.45) is 0.328. The molecule has 0 aromatic heterocycles. The second kappa shape index (κ2) is 6.72. The van der Waals surface area contributed by atoms with E-state index in [1.165, 1.54) is 5.56 Å². The van der Waals surface area contributed by atoms with E-state index in [1.807, 2.05) is 25.1 Å². The fraction of sp³-hybridized carbons (Fsp3) is 0.533. The molecule has 0 bridgehead atoms. The summed E-state index contributed by atoms with van der Waals surface area (Å²) < 4.78 is 10.3. The maximum Gasteiger partial charge on any atom is 0.225 e. The van der Waals surface area contributed by atoms with Gasteiger partial charge in [0.2, 0.25) is 5.91 Å². The molecule has 2 N–H and O–H groups in total. The first-order chi connectivity index (χ1) is 9.65. The Morgan fingerprint density at radius 3 is 2.75 bits per heavy atom. The lowest BCUT2D eigenvalue weighted by atomic mass is 9.93. The molecule has 0 fully saturated rings. The van der Waals surface area contributed by atoms with E-state index < -0.39 is 6.29 Å². The molecule has 5 nitrogen and oxygen atoms in total. The van der Waals surface area contributed by atoms with E-state index in [4.69, 9.17) is 9.47 Å². The Morgan fingerprint density at radius 1 is 1.35 bits per heavy atom. The monoisotopic (exact) mass is 278 g/mol. The highest BCUT2D eigenvalue weighted by atomic mass is 16.7. The number of rotatable bonds is 5. The van der Waals surface area contributed by atoms with Gasteiger partial charge in [-0.3, -0.25) is 4.79 Å². The lowest BCUT2D eigenvalue weighted by molar-refractivity contribution is -0.138. The second-order valence-corrected chi connectivity index (χ2v) is 5.08. The topological polar surface area (TPSA) is 59.6 Å². The molecule has 20 heavy (non-hydrogen) atoms. The molecule has 1 aromatic rings. The molecular formula is C15H22N2O3. The van der Waals surface area contributed by atoms with Gasteiger partial charge in [-0.2, -0.15) is 0 Å². The van der Waals surface area contributed by atoms with Crippen molar-refractivity contribution in [1.29, 1.82) is 0 Å². The predicted molar refractivity (Wildman–Crippen MR) is 77.5 cm³/mol. The van der Waals surface area contributed by atoms with E-state index in [0.717, 1.165) is 12.1 Å². The Hall–Kier alpha value is -1.59. The van der Waals surface area contributed by atoms with Crippen LogP contribution in [0, 0.1) is 5.92 Å². The SMILES string of the molecule is COC(OC)C(C)NC(=O)C1CNc2ccccc2C1. The van der Waals surface area contributed by atoms with Crippen molar-refractivity contribution < 1.29 is 14.3 Å². The maximum absolute atomic E-state index is 12.3. The largest absolute Gasteiger partial charge is 0.384 e. The third kappa shape index (κ3) is 3.29. The third-order valence-corrected chi connectivity index (χ3v) is 3.64. The summed E-state index contributed by atoms with van der Waals surface area (Å²) in [5, 5.41) is 6.25. The number of methoxy groups -OCH3 is 2. The van der Waals surface area contributed by atoms with Gasteiger partial charge in [0.05, 0.1) is 12.0 Å². The molecule has 1 aromatic carbocycles. The summed E-state index contributed by atoms with van der Waals surface area (Å²) in [6, 6.07) is 7.90. The number of hydrogen-bond donors (Lipinski definition) is 2. The van der Waals surface area contributed by atoms with Gasteiger partial charge in [0.25, 0.3) is 0 Å². The predicted octanol–water partition coefficient (Wildman–Crippen LogP) is 1.39. The molecule has 0 saturated heterocycles. The zero-order valence-electron chi connectivity index (χ0n) is 12.2. The number of carbonyl (C=O) groups is 1. The van der Waals surface area contributed by atoms with Gasteiger partial charge in [0.15, 0.2) is 6.29 Å². The first kappa shape index (κ1) is 14.8. The fourth-order valence-electron chi connectivity index (χ4n) is 2.54.